The predicted molar refractivity (Wildman–Crippen MR) is 85.0 cm³/mol. The van der Waals surface area contributed by atoms with Gasteiger partial charge in [-0.1, -0.05) is 43.7 Å². The number of rotatable bonds is 1. The van der Waals surface area contributed by atoms with E-state index < -0.39 is 11.7 Å². The van der Waals surface area contributed by atoms with Gasteiger partial charge in [-0.25, -0.2) is 4.99 Å². The molecular formula is C16H17F3N2S. The molecule has 1 aromatic rings. The number of nitrogens with one attached hydrogen (secondary N) is 1. The third kappa shape index (κ3) is 3.02. The summed E-state index contributed by atoms with van der Waals surface area (Å²) in [6.07, 6.45) is 1.08. The highest BCUT2D eigenvalue weighted by molar-refractivity contribution is 8.17. The van der Waals surface area contributed by atoms with Crippen molar-refractivity contribution < 1.29 is 13.2 Å². The summed E-state index contributed by atoms with van der Waals surface area (Å²) in [4.78, 5) is 5.74. The number of hydrogen-bond donors (Lipinski definition) is 1. The smallest absolute Gasteiger partial charge is 0.335 e. The van der Waals surface area contributed by atoms with Gasteiger partial charge in [0, 0.05) is 10.6 Å². The number of nitrogens with zero attached hydrogens (tertiary/aromatic N) is 1. The minimum absolute atomic E-state index is 0.215. The highest BCUT2D eigenvalue weighted by Crippen LogP contribution is 2.47. The molecule has 118 valence electrons. The van der Waals surface area contributed by atoms with Gasteiger partial charge < -0.3 is 5.32 Å². The topological polar surface area (TPSA) is 24.4 Å². The Morgan fingerprint density at radius 3 is 2.59 bits per heavy atom. The number of anilines is 1. The Hall–Kier alpha value is -1.43. The van der Waals surface area contributed by atoms with Crippen LogP contribution in [0.3, 0.4) is 0 Å². The molecule has 1 aliphatic heterocycles. The molecule has 0 atom stereocenters. The third-order valence-electron chi connectivity index (χ3n) is 4.18. The van der Waals surface area contributed by atoms with E-state index in [0.29, 0.717) is 10.9 Å². The third-order valence-corrected chi connectivity index (χ3v) is 5.19. The molecule has 2 nitrogen and oxygen atoms in total. The molecule has 0 bridgehead atoms. The summed E-state index contributed by atoms with van der Waals surface area (Å²) in [5.74, 6) is 0. The Balaban J connectivity index is 1.79. The van der Waals surface area contributed by atoms with Crippen LogP contribution in [-0.4, -0.2) is 10.7 Å². The van der Waals surface area contributed by atoms with Crippen LogP contribution in [0.25, 0.3) is 0 Å². The maximum atomic E-state index is 12.8. The van der Waals surface area contributed by atoms with Gasteiger partial charge in [-0.15, -0.1) is 0 Å². The minimum atomic E-state index is -4.34. The van der Waals surface area contributed by atoms with E-state index in [1.54, 1.807) is 6.07 Å². The molecule has 1 N–H and O–H groups in total. The maximum absolute atomic E-state index is 12.8. The fourth-order valence-electron chi connectivity index (χ4n) is 2.97. The van der Waals surface area contributed by atoms with Crippen molar-refractivity contribution in [3.8, 4) is 0 Å². The normalized spacial score (nSPS) is 21.0. The second-order valence-electron chi connectivity index (χ2n) is 5.74. The average molecular weight is 326 g/mol. The van der Waals surface area contributed by atoms with Gasteiger partial charge in [0.25, 0.3) is 0 Å². The zero-order valence-electron chi connectivity index (χ0n) is 12.0. The molecule has 1 aliphatic carbocycles. The van der Waals surface area contributed by atoms with Crippen molar-refractivity contribution in [1.29, 1.82) is 0 Å². The number of alkyl halides is 3. The quantitative estimate of drug-likeness (QED) is 0.743. The van der Waals surface area contributed by atoms with Crippen molar-refractivity contribution in [2.24, 2.45) is 4.99 Å². The lowest BCUT2D eigenvalue weighted by atomic mass is 9.82. The zero-order valence-corrected chi connectivity index (χ0v) is 12.9. The van der Waals surface area contributed by atoms with Crippen LogP contribution in [0.2, 0.25) is 0 Å². The number of hydrogen-bond acceptors (Lipinski definition) is 3. The van der Waals surface area contributed by atoms with Crippen molar-refractivity contribution in [2.45, 2.75) is 43.8 Å². The Morgan fingerprint density at radius 2 is 1.91 bits per heavy atom. The van der Waals surface area contributed by atoms with Crippen LogP contribution in [0.5, 0.6) is 0 Å². The van der Waals surface area contributed by atoms with E-state index in [2.05, 4.69) is 11.9 Å². The van der Waals surface area contributed by atoms with E-state index in [1.807, 2.05) is 0 Å². The van der Waals surface area contributed by atoms with Crippen molar-refractivity contribution >= 4 is 22.6 Å². The summed E-state index contributed by atoms with van der Waals surface area (Å²) >= 11 is 1.44. The van der Waals surface area contributed by atoms with E-state index in [-0.39, 0.29) is 5.54 Å². The molecule has 6 heteroatoms. The lowest BCUT2D eigenvalue weighted by molar-refractivity contribution is -0.137. The Bertz CT molecular complexity index is 616. The van der Waals surface area contributed by atoms with Crippen molar-refractivity contribution in [2.75, 3.05) is 5.32 Å². The van der Waals surface area contributed by atoms with Crippen LogP contribution in [-0.2, 0) is 6.18 Å². The van der Waals surface area contributed by atoms with Crippen molar-refractivity contribution in [3.63, 3.8) is 0 Å². The monoisotopic (exact) mass is 326 g/mol. The first-order chi connectivity index (χ1) is 10.4. The summed E-state index contributed by atoms with van der Waals surface area (Å²) in [7, 11) is 0. The molecule has 1 fully saturated rings. The first kappa shape index (κ1) is 15.5. The molecule has 0 amide bonds. The fraction of sp³-hybridized carbons (Fsp3) is 0.438. The van der Waals surface area contributed by atoms with Gasteiger partial charge in [-0.2, -0.15) is 13.2 Å². The largest absolute Gasteiger partial charge is 0.416 e. The van der Waals surface area contributed by atoms with E-state index in [4.69, 9.17) is 4.99 Å². The van der Waals surface area contributed by atoms with Crippen LogP contribution in [0.15, 0.2) is 40.7 Å². The van der Waals surface area contributed by atoms with Crippen LogP contribution >= 0.6 is 11.8 Å². The molecule has 0 unspecified atom stereocenters. The zero-order chi connectivity index (χ0) is 15.8. The molecule has 0 aromatic heterocycles. The van der Waals surface area contributed by atoms with Crippen LogP contribution in [0, 0.1) is 0 Å². The van der Waals surface area contributed by atoms with E-state index in [9.17, 15) is 13.2 Å². The van der Waals surface area contributed by atoms with E-state index in [0.717, 1.165) is 42.7 Å². The van der Waals surface area contributed by atoms with Gasteiger partial charge in [-0.05, 0) is 31.0 Å². The van der Waals surface area contributed by atoms with Gasteiger partial charge in [0.2, 0.25) is 0 Å². The van der Waals surface area contributed by atoms with Gasteiger partial charge >= 0.3 is 6.18 Å². The summed E-state index contributed by atoms with van der Waals surface area (Å²) in [6.45, 7) is 4.11. The second-order valence-corrected chi connectivity index (χ2v) is 6.82. The van der Waals surface area contributed by atoms with Crippen LogP contribution < -0.4 is 5.32 Å². The summed E-state index contributed by atoms with van der Waals surface area (Å²) < 4.78 is 38.3. The number of aliphatic imine (C=N–C) groups is 1. The minimum Gasteiger partial charge on any atom is -0.335 e. The Labute approximate surface area is 131 Å². The first-order valence-electron chi connectivity index (χ1n) is 7.30. The van der Waals surface area contributed by atoms with Crippen LogP contribution in [0.1, 0.15) is 37.7 Å². The van der Waals surface area contributed by atoms with E-state index in [1.165, 1.54) is 24.2 Å². The van der Waals surface area contributed by atoms with Gasteiger partial charge in [0.15, 0.2) is 5.17 Å². The average Bonchev–Trinajstić information content (AvgIpc) is 2.75. The molecule has 3 rings (SSSR count). The molecule has 1 heterocycles. The molecule has 1 aromatic carbocycles. The molecule has 22 heavy (non-hydrogen) atoms. The molecular weight excluding hydrogens is 309 g/mol. The highest BCUT2D eigenvalue weighted by Gasteiger charge is 2.40. The van der Waals surface area contributed by atoms with Gasteiger partial charge in [-0.3, -0.25) is 0 Å². The summed E-state index contributed by atoms with van der Waals surface area (Å²) in [5, 5.41) is 3.65. The van der Waals surface area contributed by atoms with Crippen LogP contribution in [0.4, 0.5) is 18.9 Å². The molecule has 1 spiro atoms. The molecule has 2 aliphatic rings. The van der Waals surface area contributed by atoms with Gasteiger partial charge in [0.1, 0.15) is 0 Å². The standard InChI is InChI=1S/C16H17F3N2S/c1-11-15(8-3-2-4-9-15)21-14(22-11)20-13-7-5-6-12(10-13)16(17,18)19/h5-7,10H,1-4,8-9H2,(H,20,21). The number of thioether (sulfide) groups is 1. The lowest BCUT2D eigenvalue weighted by Crippen LogP contribution is -2.28. The van der Waals surface area contributed by atoms with Gasteiger partial charge in [0.05, 0.1) is 11.1 Å². The number of halogens is 3. The molecule has 0 radical (unpaired) electrons. The molecule has 1 saturated carbocycles. The first-order valence-corrected chi connectivity index (χ1v) is 8.12. The SMILES string of the molecule is C=C1SC(Nc2cccc(C(F)(F)F)c2)=NC12CCCCC2. The number of benzene rings is 1. The Kier molecular flexibility index (Phi) is 3.97. The maximum Gasteiger partial charge on any atom is 0.416 e. The predicted octanol–water partition coefficient (Wildman–Crippen LogP) is 5.44. The number of amidine groups is 1. The fourth-order valence-corrected chi connectivity index (χ4v) is 4.03. The molecule has 0 saturated heterocycles. The Morgan fingerprint density at radius 1 is 1.18 bits per heavy atom. The lowest BCUT2D eigenvalue weighted by Gasteiger charge is -2.30. The summed E-state index contributed by atoms with van der Waals surface area (Å²) in [6, 6.07) is 5.19. The van der Waals surface area contributed by atoms with Crippen molar-refractivity contribution in [1.82, 2.24) is 0 Å². The van der Waals surface area contributed by atoms with E-state index >= 15 is 0 Å². The van der Waals surface area contributed by atoms with Crippen molar-refractivity contribution in [3.05, 3.63) is 41.3 Å². The second kappa shape index (κ2) is 5.65. The summed E-state index contributed by atoms with van der Waals surface area (Å²) in [5.41, 5.74) is -0.471. The highest BCUT2D eigenvalue weighted by atomic mass is 32.2.